The van der Waals surface area contributed by atoms with Crippen molar-refractivity contribution in [1.29, 1.82) is 0 Å². The van der Waals surface area contributed by atoms with Crippen molar-refractivity contribution >= 4 is 8.60 Å². The zero-order valence-corrected chi connectivity index (χ0v) is 13.1. The molecule has 3 nitrogen and oxygen atoms in total. The molecule has 0 bridgehead atoms. The van der Waals surface area contributed by atoms with Crippen molar-refractivity contribution < 1.29 is 13.9 Å². The van der Waals surface area contributed by atoms with Crippen molar-refractivity contribution in [2.45, 2.75) is 27.7 Å². The summed E-state index contributed by atoms with van der Waals surface area (Å²) in [5.41, 5.74) is 4.27. The van der Waals surface area contributed by atoms with E-state index in [2.05, 4.69) is 0 Å². The lowest BCUT2D eigenvalue weighted by atomic mass is 10.1. The molecule has 0 atom stereocenters. The summed E-state index contributed by atoms with van der Waals surface area (Å²) in [5.74, 6) is 1.31. The molecule has 20 heavy (non-hydrogen) atoms. The van der Waals surface area contributed by atoms with Crippen LogP contribution in [0.25, 0.3) is 0 Å². The van der Waals surface area contributed by atoms with Crippen LogP contribution in [-0.4, -0.2) is 4.89 Å². The van der Waals surface area contributed by atoms with Gasteiger partial charge in [-0.15, -0.1) is 0 Å². The molecule has 0 unspecified atom stereocenters. The molecule has 0 aliphatic carbocycles. The fraction of sp³-hybridized carbons (Fsp3) is 0.250. The van der Waals surface area contributed by atoms with Gasteiger partial charge in [0.2, 0.25) is 0 Å². The maximum atomic E-state index is 10.0. The van der Waals surface area contributed by atoms with E-state index in [-0.39, 0.29) is 0 Å². The topological polar surface area (TPSA) is 38.7 Å². The van der Waals surface area contributed by atoms with E-state index in [0.717, 1.165) is 22.3 Å². The third kappa shape index (κ3) is 3.30. The van der Waals surface area contributed by atoms with Crippen LogP contribution >= 0.6 is 8.60 Å². The van der Waals surface area contributed by atoms with E-state index in [4.69, 9.17) is 9.05 Å². The summed E-state index contributed by atoms with van der Waals surface area (Å²) in [4.78, 5) is 10.0. The van der Waals surface area contributed by atoms with E-state index in [1.165, 1.54) is 0 Å². The maximum absolute atomic E-state index is 10.0. The number of benzene rings is 2. The van der Waals surface area contributed by atoms with Crippen LogP contribution in [0.5, 0.6) is 11.5 Å². The molecule has 2 rings (SSSR count). The molecule has 0 aliphatic rings. The van der Waals surface area contributed by atoms with Crippen LogP contribution in [0.4, 0.5) is 0 Å². The van der Waals surface area contributed by atoms with Crippen LogP contribution in [0.1, 0.15) is 22.3 Å². The maximum Gasteiger partial charge on any atom is 0.460 e. The summed E-state index contributed by atoms with van der Waals surface area (Å²) >= 11 is 0. The molecule has 0 aliphatic heterocycles. The molecule has 0 spiro atoms. The smallest absolute Gasteiger partial charge is 0.418 e. The number of hydrogen-bond donors (Lipinski definition) is 1. The predicted octanol–water partition coefficient (Wildman–Crippen LogP) is 4.60. The lowest BCUT2D eigenvalue weighted by Gasteiger charge is -2.16. The molecule has 0 aromatic heterocycles. The molecule has 0 amide bonds. The Balaban J connectivity index is 2.11. The Kier molecular flexibility index (Phi) is 4.64. The van der Waals surface area contributed by atoms with Crippen molar-refractivity contribution in [2.75, 3.05) is 0 Å². The highest BCUT2D eigenvalue weighted by Crippen LogP contribution is 2.39. The highest BCUT2D eigenvalue weighted by molar-refractivity contribution is 7.41. The van der Waals surface area contributed by atoms with E-state index >= 15 is 0 Å². The third-order valence-electron chi connectivity index (χ3n) is 3.46. The Morgan fingerprint density at radius 2 is 1.15 bits per heavy atom. The quantitative estimate of drug-likeness (QED) is 0.836. The molecule has 106 valence electrons. The van der Waals surface area contributed by atoms with Gasteiger partial charge >= 0.3 is 8.60 Å². The van der Waals surface area contributed by atoms with E-state index in [9.17, 15) is 4.89 Å². The molecular formula is C16H19O3P. The number of aryl methyl sites for hydroxylation is 2. The van der Waals surface area contributed by atoms with Crippen LogP contribution < -0.4 is 9.05 Å². The summed E-state index contributed by atoms with van der Waals surface area (Å²) in [6.45, 7) is 7.94. The van der Waals surface area contributed by atoms with Crippen LogP contribution in [0.15, 0.2) is 36.4 Å². The third-order valence-corrected chi connectivity index (χ3v) is 4.17. The lowest BCUT2D eigenvalue weighted by molar-refractivity contribution is 0.379. The molecule has 2 aromatic rings. The van der Waals surface area contributed by atoms with Crippen LogP contribution in [-0.2, 0) is 0 Å². The molecular weight excluding hydrogens is 271 g/mol. The molecule has 2 aromatic carbocycles. The molecule has 0 radical (unpaired) electrons. The summed E-state index contributed by atoms with van der Waals surface area (Å²) in [6, 6.07) is 11.5. The second kappa shape index (κ2) is 6.25. The molecule has 0 fully saturated rings. The Bertz CT molecular complexity index is 557. The highest BCUT2D eigenvalue weighted by Gasteiger charge is 2.15. The Labute approximate surface area is 121 Å². The second-order valence-corrected chi connectivity index (χ2v) is 5.66. The predicted molar refractivity (Wildman–Crippen MR) is 82.2 cm³/mol. The standard InChI is InChI=1S/C16H19O3P/c1-11-7-5-9-15(13(11)3)18-20(17)19-16-10-6-8-12(2)14(16)4/h5-10,17H,1-4H3. The summed E-state index contributed by atoms with van der Waals surface area (Å²) in [6.07, 6.45) is 0. The van der Waals surface area contributed by atoms with Gasteiger partial charge in [0.25, 0.3) is 0 Å². The van der Waals surface area contributed by atoms with Gasteiger partial charge in [0.05, 0.1) is 0 Å². The Morgan fingerprint density at radius 3 is 1.55 bits per heavy atom. The first kappa shape index (κ1) is 14.8. The average molecular weight is 290 g/mol. The van der Waals surface area contributed by atoms with Gasteiger partial charge in [-0.2, -0.15) is 0 Å². The van der Waals surface area contributed by atoms with Crippen LogP contribution in [0.3, 0.4) is 0 Å². The van der Waals surface area contributed by atoms with Crippen molar-refractivity contribution in [1.82, 2.24) is 0 Å². The van der Waals surface area contributed by atoms with E-state index in [0.29, 0.717) is 11.5 Å². The molecule has 0 heterocycles. The van der Waals surface area contributed by atoms with Gasteiger partial charge < -0.3 is 13.9 Å². The minimum absolute atomic E-state index is 0.656. The number of hydrogen-bond acceptors (Lipinski definition) is 3. The van der Waals surface area contributed by atoms with Gasteiger partial charge in [0.15, 0.2) is 0 Å². The van der Waals surface area contributed by atoms with Gasteiger partial charge in [0.1, 0.15) is 11.5 Å². The van der Waals surface area contributed by atoms with Gasteiger partial charge in [0, 0.05) is 0 Å². The van der Waals surface area contributed by atoms with E-state index in [1.54, 1.807) is 0 Å². The van der Waals surface area contributed by atoms with Gasteiger partial charge in [-0.1, -0.05) is 24.3 Å². The minimum atomic E-state index is -1.99. The van der Waals surface area contributed by atoms with Crippen molar-refractivity contribution in [2.24, 2.45) is 0 Å². The lowest BCUT2D eigenvalue weighted by Crippen LogP contribution is -1.98. The molecule has 4 heteroatoms. The van der Waals surface area contributed by atoms with E-state index in [1.807, 2.05) is 64.1 Å². The molecule has 0 saturated heterocycles. The van der Waals surface area contributed by atoms with Crippen molar-refractivity contribution in [3.05, 3.63) is 58.7 Å². The van der Waals surface area contributed by atoms with Crippen LogP contribution in [0, 0.1) is 27.7 Å². The minimum Gasteiger partial charge on any atom is -0.418 e. The second-order valence-electron chi connectivity index (χ2n) is 4.82. The monoisotopic (exact) mass is 290 g/mol. The van der Waals surface area contributed by atoms with Gasteiger partial charge in [-0.05, 0) is 62.1 Å². The zero-order chi connectivity index (χ0) is 14.7. The summed E-state index contributed by atoms with van der Waals surface area (Å²) in [5, 5.41) is 0. The van der Waals surface area contributed by atoms with Gasteiger partial charge in [-0.3, -0.25) is 0 Å². The van der Waals surface area contributed by atoms with Crippen molar-refractivity contribution in [3.63, 3.8) is 0 Å². The summed E-state index contributed by atoms with van der Waals surface area (Å²) < 4.78 is 11.0. The molecule has 0 saturated carbocycles. The van der Waals surface area contributed by atoms with Crippen molar-refractivity contribution in [3.8, 4) is 11.5 Å². The Hall–Kier alpha value is -1.57. The molecule has 1 N–H and O–H groups in total. The van der Waals surface area contributed by atoms with Gasteiger partial charge in [-0.25, -0.2) is 0 Å². The average Bonchev–Trinajstić information content (AvgIpc) is 2.40. The Morgan fingerprint density at radius 1 is 0.750 bits per heavy atom. The normalized spacial score (nSPS) is 10.7. The largest absolute Gasteiger partial charge is 0.460 e. The fourth-order valence-corrected chi connectivity index (χ4v) is 2.60. The first-order chi connectivity index (χ1) is 9.49. The first-order valence-corrected chi connectivity index (χ1v) is 7.59. The fourth-order valence-electron chi connectivity index (χ4n) is 1.83. The SMILES string of the molecule is Cc1cccc(OP(O)Oc2cccc(C)c2C)c1C. The first-order valence-electron chi connectivity index (χ1n) is 6.46. The van der Waals surface area contributed by atoms with E-state index < -0.39 is 8.60 Å². The highest BCUT2D eigenvalue weighted by atomic mass is 31.2. The van der Waals surface area contributed by atoms with Crippen LogP contribution in [0.2, 0.25) is 0 Å². The number of rotatable bonds is 4. The zero-order valence-electron chi connectivity index (χ0n) is 12.2. The summed E-state index contributed by atoms with van der Waals surface area (Å²) in [7, 11) is -1.99.